The van der Waals surface area contributed by atoms with Crippen LogP contribution in [0.4, 0.5) is 11.4 Å². The summed E-state index contributed by atoms with van der Waals surface area (Å²) >= 11 is 17.8. The third-order valence-electron chi connectivity index (χ3n) is 5.78. The Bertz CT molecular complexity index is 1230. The number of carbonyl (C=O) groups excluding carboxylic acids is 1. The number of thiophene rings is 1. The van der Waals surface area contributed by atoms with Gasteiger partial charge < -0.3 is 0 Å². The molecule has 9 heteroatoms. The number of nitrogens with one attached hydrogen (secondary N) is 1. The van der Waals surface area contributed by atoms with E-state index in [1.54, 1.807) is 23.5 Å². The smallest absolute Gasteiger partial charge is 0.285 e. The van der Waals surface area contributed by atoms with E-state index in [0.29, 0.717) is 21.4 Å². The Morgan fingerprint density at radius 1 is 1.16 bits per heavy atom. The number of para-hydroxylation sites is 1. The first kappa shape index (κ1) is 21.8. The second kappa shape index (κ2) is 8.71. The molecule has 1 amide bonds. The van der Waals surface area contributed by atoms with Gasteiger partial charge in [-0.2, -0.15) is 5.10 Å². The molecule has 2 atom stereocenters. The average Bonchev–Trinajstić information content (AvgIpc) is 3.45. The molecule has 3 heterocycles. The first-order valence-corrected chi connectivity index (χ1v) is 12.5. The van der Waals surface area contributed by atoms with Crippen molar-refractivity contribution >= 4 is 73.5 Å². The lowest BCUT2D eigenvalue weighted by atomic mass is 9.95. The number of carbonyl (C=O) groups is 1. The van der Waals surface area contributed by atoms with Crippen LogP contribution in [-0.4, -0.2) is 18.2 Å². The van der Waals surface area contributed by atoms with Gasteiger partial charge in [0, 0.05) is 22.4 Å². The molecule has 0 bridgehead atoms. The van der Waals surface area contributed by atoms with Gasteiger partial charge in [-0.05, 0) is 64.3 Å². The molecule has 0 fully saturated rings. The van der Waals surface area contributed by atoms with Crippen molar-refractivity contribution in [1.29, 1.82) is 0 Å². The van der Waals surface area contributed by atoms with E-state index in [-0.39, 0.29) is 17.9 Å². The summed E-state index contributed by atoms with van der Waals surface area (Å²) in [6, 6.07) is 17.3. The van der Waals surface area contributed by atoms with Gasteiger partial charge >= 0.3 is 0 Å². The van der Waals surface area contributed by atoms with Crippen LogP contribution >= 0.6 is 50.5 Å². The van der Waals surface area contributed by atoms with Crippen molar-refractivity contribution in [2.24, 2.45) is 11.0 Å². The predicted molar refractivity (Wildman–Crippen MR) is 136 cm³/mol. The van der Waals surface area contributed by atoms with E-state index in [2.05, 4.69) is 33.5 Å². The Morgan fingerprint density at radius 3 is 2.72 bits per heavy atom. The second-order valence-electron chi connectivity index (χ2n) is 7.77. The molecule has 1 aromatic heterocycles. The first-order chi connectivity index (χ1) is 15.4. The fraction of sp³-hybridized carbons (Fsp3) is 0.217. The molecule has 0 aliphatic carbocycles. The molecule has 3 aromatic rings. The van der Waals surface area contributed by atoms with Gasteiger partial charge in [0.15, 0.2) is 0 Å². The zero-order chi connectivity index (χ0) is 22.4. The van der Waals surface area contributed by atoms with E-state index in [1.807, 2.05) is 47.3 Å². The summed E-state index contributed by atoms with van der Waals surface area (Å²) in [6.07, 6.45) is 0.900. The number of benzene rings is 2. The van der Waals surface area contributed by atoms with E-state index in [1.165, 1.54) is 5.56 Å². The van der Waals surface area contributed by atoms with Crippen molar-refractivity contribution in [2.45, 2.75) is 19.4 Å². The SMILES string of the molecule is C[C@H]1C(C(=O)NN2CCc3ccccc32)=NN(c2ccc(Cl)cc2Cl)[C@H]1c1ccc(Br)s1. The molecule has 2 aromatic carbocycles. The molecular weight excluding hydrogens is 531 g/mol. The van der Waals surface area contributed by atoms with Gasteiger partial charge in [-0.3, -0.25) is 20.2 Å². The molecule has 5 nitrogen and oxygen atoms in total. The monoisotopic (exact) mass is 548 g/mol. The highest BCUT2D eigenvalue weighted by Gasteiger charge is 2.41. The standard InChI is InChI=1S/C23H19BrCl2N4OS/c1-13-21(23(31)28-29-11-10-14-4-2-3-5-17(14)29)27-30(18-7-6-15(25)12-16(18)26)22(13)19-8-9-20(24)32-19/h2-9,12-13,22H,10-11H2,1H3,(H,28,31)/t13-,22+/m0/s1. The van der Waals surface area contributed by atoms with E-state index >= 15 is 0 Å². The van der Waals surface area contributed by atoms with Crippen molar-refractivity contribution in [1.82, 2.24) is 5.43 Å². The van der Waals surface area contributed by atoms with Crippen LogP contribution in [0.15, 0.2) is 63.5 Å². The molecule has 0 radical (unpaired) electrons. The third-order valence-corrected chi connectivity index (χ3v) is 8.01. The fourth-order valence-corrected chi connectivity index (χ4v) is 6.35. The Balaban J connectivity index is 1.48. The fourth-order valence-electron chi connectivity index (χ4n) is 4.24. The quantitative estimate of drug-likeness (QED) is 0.406. The number of amides is 1. The molecule has 5 rings (SSSR count). The topological polar surface area (TPSA) is 47.9 Å². The van der Waals surface area contributed by atoms with Gasteiger partial charge in [0.05, 0.1) is 26.2 Å². The number of rotatable bonds is 4. The summed E-state index contributed by atoms with van der Waals surface area (Å²) in [5, 5.41) is 9.56. The Kier molecular flexibility index (Phi) is 5.92. The zero-order valence-electron chi connectivity index (χ0n) is 17.1. The number of fused-ring (bicyclic) bond motifs is 1. The van der Waals surface area contributed by atoms with Gasteiger partial charge in [-0.1, -0.05) is 48.3 Å². The summed E-state index contributed by atoms with van der Waals surface area (Å²) in [7, 11) is 0. The molecule has 1 N–H and O–H groups in total. The summed E-state index contributed by atoms with van der Waals surface area (Å²) < 4.78 is 1.02. The molecular formula is C23H19BrCl2N4OS. The van der Waals surface area contributed by atoms with Crippen LogP contribution in [0.2, 0.25) is 10.0 Å². The van der Waals surface area contributed by atoms with E-state index in [4.69, 9.17) is 28.3 Å². The van der Waals surface area contributed by atoms with Crippen LogP contribution in [0.5, 0.6) is 0 Å². The summed E-state index contributed by atoms with van der Waals surface area (Å²) in [6.45, 7) is 2.76. The molecule has 164 valence electrons. The highest BCUT2D eigenvalue weighted by molar-refractivity contribution is 9.11. The van der Waals surface area contributed by atoms with E-state index in [9.17, 15) is 4.79 Å². The van der Waals surface area contributed by atoms with Crippen LogP contribution in [-0.2, 0) is 11.2 Å². The lowest BCUT2D eigenvalue weighted by molar-refractivity contribution is -0.115. The Labute approximate surface area is 208 Å². The Morgan fingerprint density at radius 2 is 1.97 bits per heavy atom. The lowest BCUT2D eigenvalue weighted by Gasteiger charge is -2.26. The minimum Gasteiger partial charge on any atom is -0.285 e. The maximum Gasteiger partial charge on any atom is 0.286 e. The number of hydrogen-bond acceptors (Lipinski definition) is 5. The number of hydrazine groups is 1. The minimum atomic E-state index is -0.206. The molecule has 0 saturated heterocycles. The maximum absolute atomic E-state index is 13.3. The molecule has 2 aliphatic heterocycles. The van der Waals surface area contributed by atoms with Crippen molar-refractivity contribution in [3.8, 4) is 0 Å². The molecule has 32 heavy (non-hydrogen) atoms. The van der Waals surface area contributed by atoms with Crippen LogP contribution in [0.3, 0.4) is 0 Å². The largest absolute Gasteiger partial charge is 0.286 e. The summed E-state index contributed by atoms with van der Waals surface area (Å²) in [5.41, 5.74) is 6.50. The first-order valence-electron chi connectivity index (χ1n) is 10.2. The number of anilines is 2. The van der Waals surface area contributed by atoms with E-state index < -0.39 is 0 Å². The van der Waals surface area contributed by atoms with Gasteiger partial charge in [-0.25, -0.2) is 0 Å². The minimum absolute atomic E-state index is 0.148. The van der Waals surface area contributed by atoms with Crippen molar-refractivity contribution in [3.63, 3.8) is 0 Å². The third kappa shape index (κ3) is 3.92. The van der Waals surface area contributed by atoms with Crippen LogP contribution in [0.1, 0.15) is 23.4 Å². The maximum atomic E-state index is 13.3. The van der Waals surface area contributed by atoms with Crippen LogP contribution < -0.4 is 15.4 Å². The summed E-state index contributed by atoms with van der Waals surface area (Å²) in [5.74, 6) is -0.354. The van der Waals surface area contributed by atoms with Crippen molar-refractivity contribution in [3.05, 3.63) is 78.9 Å². The lowest BCUT2D eigenvalue weighted by Crippen LogP contribution is -2.45. The Hall–Kier alpha value is -2.06. The van der Waals surface area contributed by atoms with Crippen molar-refractivity contribution in [2.75, 3.05) is 16.6 Å². The van der Waals surface area contributed by atoms with Gasteiger partial charge in [0.1, 0.15) is 5.71 Å². The van der Waals surface area contributed by atoms with Gasteiger partial charge in [0.2, 0.25) is 0 Å². The number of halogens is 3. The molecule has 0 unspecified atom stereocenters. The molecule has 2 aliphatic rings. The van der Waals surface area contributed by atoms with Gasteiger partial charge in [0.25, 0.3) is 5.91 Å². The molecule has 0 saturated carbocycles. The average molecular weight is 550 g/mol. The summed E-state index contributed by atoms with van der Waals surface area (Å²) in [4.78, 5) is 14.4. The highest BCUT2D eigenvalue weighted by atomic mass is 79.9. The number of hydrazone groups is 1. The predicted octanol–water partition coefficient (Wildman–Crippen LogP) is 6.46. The second-order valence-corrected chi connectivity index (χ2v) is 11.1. The van der Waals surface area contributed by atoms with Crippen molar-refractivity contribution < 1.29 is 4.79 Å². The number of hydrogen-bond donors (Lipinski definition) is 1. The van der Waals surface area contributed by atoms with Gasteiger partial charge in [-0.15, -0.1) is 11.3 Å². The molecule has 0 spiro atoms. The van der Waals surface area contributed by atoms with Crippen LogP contribution in [0.25, 0.3) is 0 Å². The normalized spacial score (nSPS) is 19.8. The van der Waals surface area contributed by atoms with Crippen LogP contribution in [0, 0.1) is 5.92 Å². The zero-order valence-corrected chi connectivity index (χ0v) is 21.0. The number of nitrogens with zero attached hydrogens (tertiary/aromatic N) is 3. The highest BCUT2D eigenvalue weighted by Crippen LogP contribution is 2.45. The van der Waals surface area contributed by atoms with E-state index in [0.717, 1.165) is 27.3 Å².